The number of benzene rings is 1. The summed E-state index contributed by atoms with van der Waals surface area (Å²) in [6.07, 6.45) is 2.68. The number of rotatable bonds is 3. The molecule has 1 aromatic heterocycles. The minimum absolute atomic E-state index is 0.0300. The van der Waals surface area contributed by atoms with E-state index in [1.165, 1.54) is 18.5 Å². The molecule has 0 unspecified atom stereocenters. The predicted molar refractivity (Wildman–Crippen MR) is 76.0 cm³/mol. The van der Waals surface area contributed by atoms with Gasteiger partial charge in [-0.05, 0) is 37.1 Å². The SMILES string of the molecule is Cc1ccc(C)c(NS(=O)(=O)c2cnccc2Cl)c1. The summed E-state index contributed by atoms with van der Waals surface area (Å²) in [5.41, 5.74) is 2.36. The standard InChI is InChI=1S/C13H13ClN2O2S/c1-9-3-4-10(2)12(7-9)16-19(17,18)13-8-15-6-5-11(13)14/h3-8,16H,1-2H3. The van der Waals surface area contributed by atoms with E-state index < -0.39 is 10.0 Å². The average Bonchev–Trinajstić information content (AvgIpc) is 2.34. The number of nitrogens with zero attached hydrogens (tertiary/aromatic N) is 1. The average molecular weight is 297 g/mol. The van der Waals surface area contributed by atoms with E-state index in [0.717, 1.165) is 11.1 Å². The van der Waals surface area contributed by atoms with Crippen molar-refractivity contribution in [3.8, 4) is 0 Å². The molecule has 2 rings (SSSR count). The van der Waals surface area contributed by atoms with Crippen LogP contribution in [-0.4, -0.2) is 13.4 Å². The maximum Gasteiger partial charge on any atom is 0.264 e. The lowest BCUT2D eigenvalue weighted by molar-refractivity contribution is 0.601. The van der Waals surface area contributed by atoms with Gasteiger partial charge < -0.3 is 0 Å². The van der Waals surface area contributed by atoms with Gasteiger partial charge in [-0.2, -0.15) is 0 Å². The molecule has 4 nitrogen and oxygen atoms in total. The lowest BCUT2D eigenvalue weighted by Gasteiger charge is -2.11. The van der Waals surface area contributed by atoms with Gasteiger partial charge in [0.25, 0.3) is 10.0 Å². The third-order valence-electron chi connectivity index (χ3n) is 2.66. The maximum atomic E-state index is 12.3. The minimum Gasteiger partial charge on any atom is -0.279 e. The Hall–Kier alpha value is -1.59. The molecule has 19 heavy (non-hydrogen) atoms. The van der Waals surface area contributed by atoms with Gasteiger partial charge in [0.15, 0.2) is 0 Å². The Morgan fingerprint density at radius 1 is 1.21 bits per heavy atom. The normalized spacial score (nSPS) is 11.3. The Morgan fingerprint density at radius 3 is 2.63 bits per heavy atom. The van der Waals surface area contributed by atoms with Crippen LogP contribution in [0.4, 0.5) is 5.69 Å². The lowest BCUT2D eigenvalue weighted by atomic mass is 10.1. The summed E-state index contributed by atoms with van der Waals surface area (Å²) in [7, 11) is -3.73. The second-order valence-corrected chi connectivity index (χ2v) is 6.29. The Balaban J connectivity index is 2.43. The van der Waals surface area contributed by atoms with E-state index in [2.05, 4.69) is 9.71 Å². The molecular formula is C13H13ClN2O2S. The highest BCUT2D eigenvalue weighted by atomic mass is 35.5. The number of hydrogen-bond donors (Lipinski definition) is 1. The van der Waals surface area contributed by atoms with E-state index in [1.807, 2.05) is 26.0 Å². The Morgan fingerprint density at radius 2 is 1.95 bits per heavy atom. The second-order valence-electron chi connectivity index (χ2n) is 4.23. The van der Waals surface area contributed by atoms with E-state index in [9.17, 15) is 8.42 Å². The molecular weight excluding hydrogens is 284 g/mol. The van der Waals surface area contributed by atoms with Gasteiger partial charge in [0.05, 0.1) is 10.7 Å². The van der Waals surface area contributed by atoms with Crippen LogP contribution in [0.3, 0.4) is 0 Å². The van der Waals surface area contributed by atoms with Crippen LogP contribution in [0.15, 0.2) is 41.6 Å². The number of sulfonamides is 1. The number of hydrogen-bond acceptors (Lipinski definition) is 3. The van der Waals surface area contributed by atoms with Crippen molar-refractivity contribution in [3.63, 3.8) is 0 Å². The number of halogens is 1. The zero-order valence-corrected chi connectivity index (χ0v) is 12.1. The van der Waals surface area contributed by atoms with Gasteiger partial charge in [0.2, 0.25) is 0 Å². The summed E-state index contributed by atoms with van der Waals surface area (Å²) in [5, 5.41) is 0.146. The van der Waals surface area contributed by atoms with E-state index in [4.69, 9.17) is 11.6 Å². The highest BCUT2D eigenvalue weighted by molar-refractivity contribution is 7.92. The number of aromatic nitrogens is 1. The molecule has 0 amide bonds. The number of aryl methyl sites for hydroxylation is 2. The van der Waals surface area contributed by atoms with E-state index in [0.29, 0.717) is 5.69 Å². The van der Waals surface area contributed by atoms with Crippen LogP contribution in [0, 0.1) is 13.8 Å². The van der Waals surface area contributed by atoms with Crippen LogP contribution < -0.4 is 4.72 Å². The molecule has 100 valence electrons. The van der Waals surface area contributed by atoms with Gasteiger partial charge in [-0.15, -0.1) is 0 Å². The first-order chi connectivity index (χ1) is 8.90. The van der Waals surface area contributed by atoms with Crippen molar-refractivity contribution in [3.05, 3.63) is 52.8 Å². The summed E-state index contributed by atoms with van der Waals surface area (Å²) in [4.78, 5) is 3.76. The van der Waals surface area contributed by atoms with Crippen molar-refractivity contribution >= 4 is 27.3 Å². The van der Waals surface area contributed by atoms with Crippen LogP contribution in [0.2, 0.25) is 5.02 Å². The molecule has 0 fully saturated rings. The van der Waals surface area contributed by atoms with E-state index in [-0.39, 0.29) is 9.92 Å². The Kier molecular flexibility index (Phi) is 3.78. The van der Waals surface area contributed by atoms with Gasteiger partial charge in [0.1, 0.15) is 4.90 Å². The first kappa shape index (κ1) is 13.8. The summed E-state index contributed by atoms with van der Waals surface area (Å²) in [6, 6.07) is 7.00. The molecule has 0 aliphatic carbocycles. The van der Waals surface area contributed by atoms with Crippen LogP contribution in [0.25, 0.3) is 0 Å². The summed E-state index contributed by atoms with van der Waals surface area (Å²) in [5.74, 6) is 0. The van der Waals surface area contributed by atoms with Gasteiger partial charge in [-0.25, -0.2) is 8.42 Å². The molecule has 6 heteroatoms. The van der Waals surface area contributed by atoms with Crippen LogP contribution in [-0.2, 0) is 10.0 Å². The Labute approximate surface area is 117 Å². The predicted octanol–water partition coefficient (Wildman–Crippen LogP) is 3.15. The fourth-order valence-corrected chi connectivity index (χ4v) is 3.16. The van der Waals surface area contributed by atoms with Crippen molar-refractivity contribution < 1.29 is 8.42 Å². The molecule has 0 atom stereocenters. The molecule has 0 aliphatic rings. The van der Waals surface area contributed by atoms with Crippen molar-refractivity contribution in [2.45, 2.75) is 18.7 Å². The zero-order valence-electron chi connectivity index (χ0n) is 10.5. The number of anilines is 1. The monoisotopic (exact) mass is 296 g/mol. The molecule has 0 saturated heterocycles. The topological polar surface area (TPSA) is 59.1 Å². The fraction of sp³-hybridized carbons (Fsp3) is 0.154. The highest BCUT2D eigenvalue weighted by Crippen LogP contribution is 2.24. The highest BCUT2D eigenvalue weighted by Gasteiger charge is 2.18. The summed E-state index contributed by atoms with van der Waals surface area (Å²) >= 11 is 5.89. The van der Waals surface area contributed by atoms with Crippen LogP contribution in [0.1, 0.15) is 11.1 Å². The third-order valence-corrected chi connectivity index (χ3v) is 4.50. The summed E-state index contributed by atoms with van der Waals surface area (Å²) in [6.45, 7) is 3.73. The molecule has 0 saturated carbocycles. The van der Waals surface area contributed by atoms with Gasteiger partial charge in [0, 0.05) is 12.4 Å². The fourth-order valence-electron chi connectivity index (χ4n) is 1.61. The van der Waals surface area contributed by atoms with Crippen molar-refractivity contribution in [2.75, 3.05) is 4.72 Å². The summed E-state index contributed by atoms with van der Waals surface area (Å²) < 4.78 is 27.0. The molecule has 0 bridgehead atoms. The van der Waals surface area contributed by atoms with Crippen LogP contribution >= 0.6 is 11.6 Å². The van der Waals surface area contributed by atoms with Crippen molar-refractivity contribution in [1.82, 2.24) is 4.98 Å². The van der Waals surface area contributed by atoms with Gasteiger partial charge >= 0.3 is 0 Å². The molecule has 0 aliphatic heterocycles. The van der Waals surface area contributed by atoms with Crippen molar-refractivity contribution in [2.24, 2.45) is 0 Å². The smallest absolute Gasteiger partial charge is 0.264 e. The first-order valence-corrected chi connectivity index (χ1v) is 7.46. The molecule has 1 aromatic carbocycles. The third kappa shape index (κ3) is 3.05. The largest absolute Gasteiger partial charge is 0.279 e. The molecule has 1 N–H and O–H groups in total. The van der Waals surface area contributed by atoms with Gasteiger partial charge in [-0.1, -0.05) is 23.7 Å². The number of nitrogens with one attached hydrogen (secondary N) is 1. The van der Waals surface area contributed by atoms with Crippen molar-refractivity contribution in [1.29, 1.82) is 0 Å². The molecule has 0 spiro atoms. The van der Waals surface area contributed by atoms with E-state index >= 15 is 0 Å². The van der Waals surface area contributed by atoms with Crippen LogP contribution in [0.5, 0.6) is 0 Å². The van der Waals surface area contributed by atoms with E-state index in [1.54, 1.807) is 6.07 Å². The molecule has 2 aromatic rings. The minimum atomic E-state index is -3.73. The second kappa shape index (κ2) is 5.19. The quantitative estimate of drug-likeness (QED) is 0.946. The van der Waals surface area contributed by atoms with Gasteiger partial charge in [-0.3, -0.25) is 9.71 Å². The first-order valence-electron chi connectivity index (χ1n) is 5.60. The molecule has 1 heterocycles. The maximum absolute atomic E-state index is 12.3. The lowest BCUT2D eigenvalue weighted by Crippen LogP contribution is -2.14. The number of pyridine rings is 1. The zero-order chi connectivity index (χ0) is 14.0. The Bertz CT molecular complexity index is 714. The molecule has 0 radical (unpaired) electrons.